The molecule has 2 saturated heterocycles. The fraction of sp³-hybridized carbons (Fsp3) is 0.800. The minimum Gasteiger partial charge on any atom is -0.377 e. The smallest absolute Gasteiger partial charge is 0.0654 e. The second-order valence-corrected chi connectivity index (χ2v) is 6.30. The van der Waals surface area contributed by atoms with Crippen LogP contribution < -0.4 is 0 Å². The quantitative estimate of drug-likeness (QED) is 0.816. The summed E-state index contributed by atoms with van der Waals surface area (Å²) < 4.78 is 8.02. The molecule has 4 heteroatoms. The van der Waals surface area contributed by atoms with Gasteiger partial charge in [-0.2, -0.15) is 5.10 Å². The predicted octanol–water partition coefficient (Wildman–Crippen LogP) is 2.31. The van der Waals surface area contributed by atoms with Gasteiger partial charge in [-0.3, -0.25) is 9.58 Å². The Hall–Kier alpha value is -0.870. The van der Waals surface area contributed by atoms with E-state index in [2.05, 4.69) is 34.7 Å². The Morgan fingerprint density at radius 1 is 1.42 bits per heavy atom. The Balaban J connectivity index is 1.67. The number of rotatable bonds is 5. The lowest BCUT2D eigenvalue weighted by atomic mass is 9.95. The van der Waals surface area contributed by atoms with Gasteiger partial charge in [0.2, 0.25) is 0 Å². The van der Waals surface area contributed by atoms with Gasteiger partial charge in [-0.15, -0.1) is 0 Å². The first-order valence-electron chi connectivity index (χ1n) is 7.55. The highest BCUT2D eigenvalue weighted by molar-refractivity contribution is 5.04. The van der Waals surface area contributed by atoms with Crippen LogP contribution >= 0.6 is 0 Å². The molecule has 0 saturated carbocycles. The van der Waals surface area contributed by atoms with Crippen molar-refractivity contribution >= 4 is 0 Å². The van der Waals surface area contributed by atoms with Gasteiger partial charge in [-0.1, -0.05) is 0 Å². The van der Waals surface area contributed by atoms with E-state index in [-0.39, 0.29) is 0 Å². The number of hydrogen-bond acceptors (Lipinski definition) is 3. The Bertz CT molecular complexity index is 404. The normalized spacial score (nSPS) is 31.2. The molecule has 0 aromatic carbocycles. The lowest BCUT2D eigenvalue weighted by molar-refractivity contribution is -0.00665. The third kappa shape index (κ3) is 2.56. The van der Waals surface area contributed by atoms with Crippen LogP contribution in [0.25, 0.3) is 0 Å². The maximum Gasteiger partial charge on any atom is 0.0654 e. The largest absolute Gasteiger partial charge is 0.377 e. The van der Waals surface area contributed by atoms with Gasteiger partial charge in [-0.05, 0) is 52.1 Å². The van der Waals surface area contributed by atoms with Crippen LogP contribution in [0.1, 0.15) is 39.5 Å². The van der Waals surface area contributed by atoms with Crippen LogP contribution in [0, 0.1) is 0 Å². The van der Waals surface area contributed by atoms with Gasteiger partial charge in [0.05, 0.1) is 19.3 Å². The summed E-state index contributed by atoms with van der Waals surface area (Å²) in [5, 5.41) is 4.35. The Kier molecular flexibility index (Phi) is 3.63. The first kappa shape index (κ1) is 13.1. The molecule has 0 amide bonds. The highest BCUT2D eigenvalue weighted by Crippen LogP contribution is 2.43. The zero-order valence-corrected chi connectivity index (χ0v) is 12.1. The van der Waals surface area contributed by atoms with Crippen molar-refractivity contribution in [3.8, 4) is 0 Å². The van der Waals surface area contributed by atoms with E-state index < -0.39 is 0 Å². The van der Waals surface area contributed by atoms with E-state index >= 15 is 0 Å². The molecule has 0 radical (unpaired) electrons. The predicted molar refractivity (Wildman–Crippen MR) is 75.0 cm³/mol. The monoisotopic (exact) mass is 263 g/mol. The second-order valence-electron chi connectivity index (χ2n) is 6.30. The lowest BCUT2D eigenvalue weighted by Gasteiger charge is -2.35. The summed E-state index contributed by atoms with van der Waals surface area (Å²) in [6, 6.07) is 2.65. The van der Waals surface area contributed by atoms with Crippen LogP contribution in [0.4, 0.5) is 0 Å². The Morgan fingerprint density at radius 2 is 2.32 bits per heavy atom. The molecule has 2 aliphatic heterocycles. The highest BCUT2D eigenvalue weighted by Gasteiger charge is 2.49. The van der Waals surface area contributed by atoms with Crippen molar-refractivity contribution in [1.29, 1.82) is 0 Å². The maximum atomic E-state index is 5.95. The molecule has 2 atom stereocenters. The summed E-state index contributed by atoms with van der Waals surface area (Å²) in [4.78, 5) is 2.71. The standard InChI is InChI=1S/C15H25N3O/c1-13(2)19-12-15-6-3-10-18(15)14(5-7-15)11-17-9-4-8-16-17/h4,8-9,13-14H,3,5-7,10-12H2,1-2H3/t14-,15-/m1/s1. The summed E-state index contributed by atoms with van der Waals surface area (Å²) in [5.74, 6) is 0. The van der Waals surface area contributed by atoms with Crippen molar-refractivity contribution in [3.63, 3.8) is 0 Å². The van der Waals surface area contributed by atoms with Crippen molar-refractivity contribution in [2.45, 2.75) is 63.8 Å². The zero-order valence-electron chi connectivity index (χ0n) is 12.1. The van der Waals surface area contributed by atoms with E-state index in [0.717, 1.165) is 13.2 Å². The fourth-order valence-electron chi connectivity index (χ4n) is 3.75. The van der Waals surface area contributed by atoms with Gasteiger partial charge < -0.3 is 4.74 Å². The van der Waals surface area contributed by atoms with Gasteiger partial charge in [0, 0.05) is 24.0 Å². The van der Waals surface area contributed by atoms with Crippen LogP contribution in [0.15, 0.2) is 18.5 Å². The maximum absolute atomic E-state index is 5.95. The third-order valence-corrected chi connectivity index (χ3v) is 4.68. The van der Waals surface area contributed by atoms with Crippen LogP contribution in [0.5, 0.6) is 0 Å². The first-order valence-corrected chi connectivity index (χ1v) is 7.55. The minimum absolute atomic E-state index is 0.322. The van der Waals surface area contributed by atoms with E-state index in [1.165, 1.54) is 32.2 Å². The molecule has 3 rings (SSSR count). The van der Waals surface area contributed by atoms with Gasteiger partial charge in [-0.25, -0.2) is 0 Å². The van der Waals surface area contributed by atoms with E-state index in [1.807, 2.05) is 12.3 Å². The summed E-state index contributed by atoms with van der Waals surface area (Å²) in [7, 11) is 0. The van der Waals surface area contributed by atoms with Crippen molar-refractivity contribution in [3.05, 3.63) is 18.5 Å². The van der Waals surface area contributed by atoms with Crippen molar-refractivity contribution in [1.82, 2.24) is 14.7 Å². The number of hydrogen-bond donors (Lipinski definition) is 0. The van der Waals surface area contributed by atoms with Gasteiger partial charge in [0.25, 0.3) is 0 Å². The van der Waals surface area contributed by atoms with Gasteiger partial charge in [0.15, 0.2) is 0 Å². The molecule has 0 unspecified atom stereocenters. The zero-order chi connectivity index (χ0) is 13.3. The molecule has 2 aliphatic rings. The van der Waals surface area contributed by atoms with E-state index in [9.17, 15) is 0 Å². The van der Waals surface area contributed by atoms with Crippen molar-refractivity contribution < 1.29 is 4.74 Å². The topological polar surface area (TPSA) is 30.3 Å². The highest BCUT2D eigenvalue weighted by atomic mass is 16.5. The molecule has 0 spiro atoms. The molecule has 106 valence electrons. The van der Waals surface area contributed by atoms with Crippen LogP contribution in [0.2, 0.25) is 0 Å². The number of nitrogens with zero attached hydrogens (tertiary/aromatic N) is 3. The first-order chi connectivity index (χ1) is 9.20. The number of aromatic nitrogens is 2. The van der Waals surface area contributed by atoms with Crippen LogP contribution in [-0.2, 0) is 11.3 Å². The average Bonchev–Trinajstić information content (AvgIpc) is 3.06. The molecule has 0 aliphatic carbocycles. The molecule has 4 nitrogen and oxygen atoms in total. The fourth-order valence-corrected chi connectivity index (χ4v) is 3.75. The molecule has 1 aromatic heterocycles. The number of fused-ring (bicyclic) bond motifs is 1. The van der Waals surface area contributed by atoms with Crippen LogP contribution in [-0.4, -0.2) is 45.5 Å². The third-order valence-electron chi connectivity index (χ3n) is 4.68. The molecule has 2 fully saturated rings. The van der Waals surface area contributed by atoms with Crippen molar-refractivity contribution in [2.75, 3.05) is 13.2 Å². The van der Waals surface area contributed by atoms with Gasteiger partial charge >= 0.3 is 0 Å². The van der Waals surface area contributed by atoms with E-state index in [4.69, 9.17) is 4.74 Å². The Labute approximate surface area is 115 Å². The molecular weight excluding hydrogens is 238 g/mol. The second kappa shape index (κ2) is 5.25. The molecule has 19 heavy (non-hydrogen) atoms. The molecule has 0 N–H and O–H groups in total. The van der Waals surface area contributed by atoms with Gasteiger partial charge in [0.1, 0.15) is 0 Å². The van der Waals surface area contributed by atoms with E-state index in [0.29, 0.717) is 17.7 Å². The molecule has 3 heterocycles. The van der Waals surface area contributed by atoms with Crippen LogP contribution in [0.3, 0.4) is 0 Å². The average molecular weight is 263 g/mol. The Morgan fingerprint density at radius 3 is 3.05 bits per heavy atom. The summed E-state index contributed by atoms with van der Waals surface area (Å²) >= 11 is 0. The van der Waals surface area contributed by atoms with E-state index in [1.54, 1.807) is 0 Å². The summed E-state index contributed by atoms with van der Waals surface area (Å²) in [6.07, 6.45) is 9.45. The van der Waals surface area contributed by atoms with Crippen molar-refractivity contribution in [2.24, 2.45) is 0 Å². The summed E-state index contributed by atoms with van der Waals surface area (Å²) in [6.45, 7) is 7.42. The number of ether oxygens (including phenoxy) is 1. The molecule has 1 aromatic rings. The molecule has 0 bridgehead atoms. The summed E-state index contributed by atoms with van der Waals surface area (Å²) in [5.41, 5.74) is 0.322. The SMILES string of the molecule is CC(C)OC[C@]12CCCN1[C@@H](Cn1cccn1)CC2. The molecular formula is C15H25N3O. The lowest BCUT2D eigenvalue weighted by Crippen LogP contribution is -2.47. The minimum atomic E-state index is 0.322.